The molecule has 0 fully saturated rings. The molecule has 0 N–H and O–H groups in total. The van der Waals surface area contributed by atoms with Crippen LogP contribution in [0.2, 0.25) is 0 Å². The van der Waals surface area contributed by atoms with Gasteiger partial charge in [0, 0.05) is 19.3 Å². The first-order valence-corrected chi connectivity index (χ1v) is 34.7. The van der Waals surface area contributed by atoms with Crippen molar-refractivity contribution in [1.29, 1.82) is 0 Å². The summed E-state index contributed by atoms with van der Waals surface area (Å²) in [6.07, 6.45) is 92.9. The average Bonchev–Trinajstić information content (AvgIpc) is 3.47. The molecule has 0 amide bonds. The zero-order chi connectivity index (χ0) is 58.5. The molecule has 0 heterocycles. The number of unbranched alkanes of at least 4 members (excludes halogenated alkanes) is 36. The van der Waals surface area contributed by atoms with Crippen molar-refractivity contribution in [2.75, 3.05) is 13.2 Å². The molecule has 0 aromatic heterocycles. The molecule has 0 rings (SSSR count). The molecule has 0 aliphatic heterocycles. The molecule has 0 saturated heterocycles. The van der Waals surface area contributed by atoms with E-state index in [2.05, 4.69) is 118 Å². The zero-order valence-corrected chi connectivity index (χ0v) is 53.5. The molecule has 6 heteroatoms. The van der Waals surface area contributed by atoms with Crippen molar-refractivity contribution in [2.24, 2.45) is 0 Å². The van der Waals surface area contributed by atoms with Gasteiger partial charge in [-0.25, -0.2) is 0 Å². The number of ether oxygens (including phenoxy) is 3. The summed E-state index contributed by atoms with van der Waals surface area (Å²) in [4.78, 5) is 38.4. The van der Waals surface area contributed by atoms with Gasteiger partial charge in [0.2, 0.25) is 0 Å². The van der Waals surface area contributed by atoms with E-state index in [0.717, 1.165) is 122 Å². The maximum atomic E-state index is 12.9. The van der Waals surface area contributed by atoms with Crippen molar-refractivity contribution in [3.05, 3.63) is 97.2 Å². The van der Waals surface area contributed by atoms with Gasteiger partial charge in [-0.15, -0.1) is 0 Å². The highest BCUT2D eigenvalue weighted by Crippen LogP contribution is 2.17. The van der Waals surface area contributed by atoms with Crippen LogP contribution in [0.1, 0.15) is 342 Å². The van der Waals surface area contributed by atoms with E-state index >= 15 is 0 Å². The van der Waals surface area contributed by atoms with Gasteiger partial charge in [0.25, 0.3) is 0 Å². The molecule has 81 heavy (non-hydrogen) atoms. The quantitative estimate of drug-likeness (QED) is 0.0261. The van der Waals surface area contributed by atoms with Gasteiger partial charge in [-0.3, -0.25) is 14.4 Å². The summed E-state index contributed by atoms with van der Waals surface area (Å²) in [5, 5.41) is 0. The first-order chi connectivity index (χ1) is 40.0. The number of hydrogen-bond acceptors (Lipinski definition) is 6. The zero-order valence-electron chi connectivity index (χ0n) is 53.5. The van der Waals surface area contributed by atoms with Crippen LogP contribution in [0.3, 0.4) is 0 Å². The molecule has 0 bridgehead atoms. The van der Waals surface area contributed by atoms with E-state index in [-0.39, 0.29) is 31.1 Å². The van der Waals surface area contributed by atoms with E-state index in [9.17, 15) is 14.4 Å². The van der Waals surface area contributed by atoms with Crippen molar-refractivity contribution in [1.82, 2.24) is 0 Å². The summed E-state index contributed by atoms with van der Waals surface area (Å²) in [6.45, 7) is 6.50. The van der Waals surface area contributed by atoms with Gasteiger partial charge < -0.3 is 14.2 Å². The van der Waals surface area contributed by atoms with Crippen LogP contribution in [-0.2, 0) is 28.6 Å². The molecule has 0 aliphatic rings. The number of rotatable bonds is 63. The predicted molar refractivity (Wildman–Crippen MR) is 353 cm³/mol. The summed E-state index contributed by atoms with van der Waals surface area (Å²) >= 11 is 0. The average molecular weight is 1130 g/mol. The largest absolute Gasteiger partial charge is 0.462 e. The van der Waals surface area contributed by atoms with Crippen LogP contribution < -0.4 is 0 Å². The second-order valence-electron chi connectivity index (χ2n) is 23.1. The summed E-state index contributed by atoms with van der Waals surface area (Å²) in [7, 11) is 0. The van der Waals surface area contributed by atoms with Crippen LogP contribution in [0, 0.1) is 0 Å². The van der Waals surface area contributed by atoms with E-state index < -0.39 is 6.10 Å². The monoisotopic (exact) mass is 1130 g/mol. The number of esters is 3. The third-order valence-corrected chi connectivity index (χ3v) is 15.0. The second-order valence-corrected chi connectivity index (χ2v) is 23.1. The minimum absolute atomic E-state index is 0.0847. The van der Waals surface area contributed by atoms with E-state index in [1.807, 2.05) is 0 Å². The lowest BCUT2D eigenvalue weighted by molar-refractivity contribution is -0.167. The molecule has 0 spiro atoms. The molecular formula is C75H130O6. The highest BCUT2D eigenvalue weighted by molar-refractivity contribution is 5.71. The number of carbonyl (C=O) groups is 3. The van der Waals surface area contributed by atoms with E-state index in [1.54, 1.807) is 0 Å². The van der Waals surface area contributed by atoms with Gasteiger partial charge in [0.15, 0.2) is 6.10 Å². The second kappa shape index (κ2) is 68.8. The van der Waals surface area contributed by atoms with Crippen LogP contribution in [0.25, 0.3) is 0 Å². The lowest BCUT2D eigenvalue weighted by atomic mass is 10.0. The summed E-state index contributed by atoms with van der Waals surface area (Å²) < 4.78 is 16.9. The highest BCUT2D eigenvalue weighted by Gasteiger charge is 2.19. The first kappa shape index (κ1) is 77.3. The summed E-state index contributed by atoms with van der Waals surface area (Å²) in [6, 6.07) is 0. The Morgan fingerprint density at radius 2 is 0.481 bits per heavy atom. The molecule has 0 aromatic rings. The Labute approximate surface area is 502 Å². The standard InChI is InChI=1S/C75H130O6/c1-4-7-10-13-16-19-22-25-28-30-31-32-33-34-35-36-37-38-39-40-41-42-43-45-47-50-53-56-59-62-65-68-74(77)80-71-72(70-79-73(76)67-64-61-58-55-52-49-46-27-24-21-18-15-12-9-6-3)81-75(78)69-66-63-60-57-54-51-48-44-29-26-23-20-17-14-11-8-5-2/h9,12,17-18,20-22,25-27,29-31,33-34,46,72H,4-8,10-11,13-16,19,23-24,28,32,35-45,47-71H2,1-3H3/b12-9-,20-17-,21-18-,25-22-,29-26-,31-30-,34-33-,46-27-. The lowest BCUT2D eigenvalue weighted by Gasteiger charge is -2.18. The Balaban J connectivity index is 4.24. The molecule has 0 radical (unpaired) electrons. The number of allylic oxidation sites excluding steroid dienone is 16. The van der Waals surface area contributed by atoms with E-state index in [4.69, 9.17) is 14.2 Å². The Morgan fingerprint density at radius 1 is 0.259 bits per heavy atom. The van der Waals surface area contributed by atoms with Crippen LogP contribution in [0.5, 0.6) is 0 Å². The Hall–Kier alpha value is -3.67. The number of carbonyl (C=O) groups excluding carboxylic acids is 3. The molecule has 0 aromatic carbocycles. The van der Waals surface area contributed by atoms with Crippen LogP contribution in [0.15, 0.2) is 97.2 Å². The van der Waals surface area contributed by atoms with E-state index in [0.29, 0.717) is 19.3 Å². The third-order valence-electron chi connectivity index (χ3n) is 15.0. The molecule has 0 aliphatic carbocycles. The van der Waals surface area contributed by atoms with Crippen molar-refractivity contribution in [3.8, 4) is 0 Å². The molecule has 466 valence electrons. The Kier molecular flexibility index (Phi) is 65.7. The summed E-state index contributed by atoms with van der Waals surface area (Å²) in [5.74, 6) is -0.897. The lowest BCUT2D eigenvalue weighted by Crippen LogP contribution is -2.30. The number of hydrogen-bond donors (Lipinski definition) is 0. The van der Waals surface area contributed by atoms with Gasteiger partial charge in [-0.2, -0.15) is 0 Å². The molecule has 1 unspecified atom stereocenters. The smallest absolute Gasteiger partial charge is 0.306 e. The van der Waals surface area contributed by atoms with Gasteiger partial charge in [-0.05, 0) is 122 Å². The van der Waals surface area contributed by atoms with Crippen molar-refractivity contribution < 1.29 is 28.6 Å². The Bertz CT molecular complexity index is 1580. The summed E-state index contributed by atoms with van der Waals surface area (Å²) in [5.41, 5.74) is 0. The highest BCUT2D eigenvalue weighted by atomic mass is 16.6. The van der Waals surface area contributed by atoms with E-state index in [1.165, 1.54) is 180 Å². The third kappa shape index (κ3) is 67.0. The maximum Gasteiger partial charge on any atom is 0.306 e. The van der Waals surface area contributed by atoms with Crippen LogP contribution in [0.4, 0.5) is 0 Å². The van der Waals surface area contributed by atoms with Gasteiger partial charge in [0.05, 0.1) is 0 Å². The normalized spacial score (nSPS) is 12.7. The van der Waals surface area contributed by atoms with Crippen LogP contribution >= 0.6 is 0 Å². The SMILES string of the molecule is CC/C=C\C/C=C\C/C=C\CCCCCCCC(=O)OCC(COC(=O)CCCCCCCCCCCCCCCCCC/C=C\C/C=C\C/C=C\CCCCCCC)OC(=O)CCCCCCCCC/C=C\C/C=C\CCCCC. The minimum Gasteiger partial charge on any atom is -0.462 e. The first-order valence-electron chi connectivity index (χ1n) is 34.7. The van der Waals surface area contributed by atoms with Crippen molar-refractivity contribution >= 4 is 17.9 Å². The van der Waals surface area contributed by atoms with Gasteiger partial charge in [-0.1, -0.05) is 298 Å². The maximum absolute atomic E-state index is 12.9. The molecular weight excluding hydrogens is 997 g/mol. The predicted octanol–water partition coefficient (Wildman–Crippen LogP) is 24.0. The van der Waals surface area contributed by atoms with Gasteiger partial charge >= 0.3 is 17.9 Å². The topological polar surface area (TPSA) is 78.9 Å². The molecule has 6 nitrogen and oxygen atoms in total. The van der Waals surface area contributed by atoms with Crippen molar-refractivity contribution in [2.45, 2.75) is 348 Å². The Morgan fingerprint density at radius 3 is 0.778 bits per heavy atom. The fraction of sp³-hybridized carbons (Fsp3) is 0.747. The fourth-order valence-corrected chi connectivity index (χ4v) is 9.85. The van der Waals surface area contributed by atoms with Crippen molar-refractivity contribution in [3.63, 3.8) is 0 Å². The van der Waals surface area contributed by atoms with Gasteiger partial charge in [0.1, 0.15) is 13.2 Å². The van der Waals surface area contributed by atoms with Crippen LogP contribution in [-0.4, -0.2) is 37.2 Å². The molecule has 0 saturated carbocycles. The fourth-order valence-electron chi connectivity index (χ4n) is 9.85. The minimum atomic E-state index is -0.790. The molecule has 1 atom stereocenters.